The molecule has 0 saturated heterocycles. The van der Waals surface area contributed by atoms with Crippen LogP contribution in [0.5, 0.6) is 0 Å². The summed E-state index contributed by atoms with van der Waals surface area (Å²) in [6, 6.07) is -0.411. The summed E-state index contributed by atoms with van der Waals surface area (Å²) in [6.07, 6.45) is 0.927. The fourth-order valence-electron chi connectivity index (χ4n) is 0.401. The maximum atomic E-state index is 10.8. The molecule has 54 valence electrons. The second-order valence-corrected chi connectivity index (χ2v) is 2.01. The van der Waals surface area contributed by atoms with Crippen LogP contribution in [-0.2, 0) is 4.79 Å². The molecule has 0 heterocycles. The first-order chi connectivity index (χ1) is 4.72. The van der Waals surface area contributed by atoms with Gasteiger partial charge in [0.05, 0.1) is 6.04 Å². The van der Waals surface area contributed by atoms with Crippen LogP contribution < -0.4 is 11.0 Å². The summed E-state index contributed by atoms with van der Waals surface area (Å²) in [5.41, 5.74) is 2.11. The molecule has 0 radical (unpaired) electrons. The molecule has 0 aliphatic heterocycles. The highest BCUT2D eigenvalue weighted by atomic mass is 16.2. The molecular formula is C6H14N2O. The Kier molecular flexibility index (Phi) is 3.15. The molecule has 3 heteroatoms. The van der Waals surface area contributed by atoms with E-state index in [9.17, 15) is 4.79 Å². The normalized spacial score (nSPS) is 14.2. The van der Waals surface area contributed by atoms with Crippen molar-refractivity contribution in [2.75, 3.05) is 6.54 Å². The highest BCUT2D eigenvalue weighted by molar-refractivity contribution is 5.80. The van der Waals surface area contributed by atoms with Gasteiger partial charge in [-0.05, 0) is 13.3 Å². The molecule has 1 atom stereocenters. The molecule has 0 spiro atoms. The van der Waals surface area contributed by atoms with Gasteiger partial charge < -0.3 is 11.0 Å². The minimum atomic E-state index is -0.411. The molecule has 0 rings (SSSR count). The minimum absolute atomic E-state index is 0.114. The molecule has 0 aromatic heterocycles. The summed E-state index contributed by atoms with van der Waals surface area (Å²) < 4.78 is 6.66. The Morgan fingerprint density at radius 1 is 2.00 bits per heavy atom. The first-order valence-electron chi connectivity index (χ1n) is 3.67. The van der Waals surface area contributed by atoms with E-state index in [1.165, 1.54) is 0 Å². The summed E-state index contributed by atoms with van der Waals surface area (Å²) in [6.45, 7) is 4.32. The molecule has 0 fully saturated rings. The summed E-state index contributed by atoms with van der Waals surface area (Å²) in [5, 5.41) is 2.66. The number of hydrogen-bond donors (Lipinski definition) is 2. The Bertz CT molecular complexity index is 108. The Labute approximate surface area is 57.1 Å². The van der Waals surface area contributed by atoms with Crippen molar-refractivity contribution in [3.63, 3.8) is 0 Å². The predicted molar refractivity (Wildman–Crippen MR) is 37.0 cm³/mol. The van der Waals surface area contributed by atoms with Gasteiger partial charge in [0.25, 0.3) is 0 Å². The van der Waals surface area contributed by atoms with E-state index < -0.39 is 6.04 Å². The lowest BCUT2D eigenvalue weighted by Gasteiger charge is -2.04. The second kappa shape index (κ2) is 4.32. The molecule has 0 saturated carbocycles. The lowest BCUT2D eigenvalue weighted by Crippen LogP contribution is -2.38. The molecule has 9 heavy (non-hydrogen) atoms. The highest BCUT2D eigenvalue weighted by Crippen LogP contribution is 1.75. The van der Waals surface area contributed by atoms with Gasteiger partial charge in [-0.3, -0.25) is 4.79 Å². The first-order valence-corrected chi connectivity index (χ1v) is 3.17. The first kappa shape index (κ1) is 6.55. The van der Waals surface area contributed by atoms with Gasteiger partial charge in [0.1, 0.15) is 1.41 Å². The van der Waals surface area contributed by atoms with Gasteiger partial charge in [-0.1, -0.05) is 6.92 Å². The maximum absolute atomic E-state index is 10.8. The number of nitrogens with two attached hydrogens (primary N) is 1. The summed E-state index contributed by atoms with van der Waals surface area (Å²) >= 11 is 0. The van der Waals surface area contributed by atoms with Crippen LogP contribution in [0.2, 0.25) is 1.41 Å². The van der Waals surface area contributed by atoms with Crippen molar-refractivity contribution in [1.82, 2.24) is 5.32 Å². The second-order valence-electron chi connectivity index (χ2n) is 2.01. The minimum Gasteiger partial charge on any atom is -0.355 e. The number of carbonyl (C=O) groups excluding carboxylic acids is 1. The largest absolute Gasteiger partial charge is 0.355 e. The molecule has 0 aromatic carbocycles. The average molecular weight is 131 g/mol. The number of amides is 1. The summed E-state index contributed by atoms with van der Waals surface area (Å²) in [7, 11) is 0. The molecule has 0 bridgehead atoms. The zero-order valence-corrected chi connectivity index (χ0v) is 5.90. The third kappa shape index (κ3) is 3.97. The molecule has 0 unspecified atom stereocenters. The Morgan fingerprint density at radius 3 is 3.11 bits per heavy atom. The maximum Gasteiger partial charge on any atom is 0.236 e. The smallest absolute Gasteiger partial charge is 0.236 e. The zero-order valence-electron chi connectivity index (χ0n) is 6.90. The van der Waals surface area contributed by atoms with E-state index in [2.05, 4.69) is 11.0 Å². The molecule has 3 nitrogen and oxygen atoms in total. The van der Waals surface area contributed by atoms with Gasteiger partial charge in [0.15, 0.2) is 0 Å². The van der Waals surface area contributed by atoms with Crippen molar-refractivity contribution in [1.29, 1.82) is 0 Å². The van der Waals surface area contributed by atoms with E-state index in [1.807, 2.05) is 6.92 Å². The molecule has 0 aliphatic carbocycles. The predicted octanol–water partition coefficient (Wildman–Crippen LogP) is -0.140. The van der Waals surface area contributed by atoms with Crippen molar-refractivity contribution in [2.24, 2.45) is 5.73 Å². The van der Waals surface area contributed by atoms with E-state index in [1.54, 1.807) is 6.92 Å². The third-order valence-corrected chi connectivity index (χ3v) is 0.943. The van der Waals surface area contributed by atoms with Crippen molar-refractivity contribution in [3.8, 4) is 0 Å². The van der Waals surface area contributed by atoms with Crippen LogP contribution in [0.25, 0.3) is 0 Å². The van der Waals surface area contributed by atoms with Crippen molar-refractivity contribution >= 4 is 5.91 Å². The van der Waals surface area contributed by atoms with E-state index in [-0.39, 0.29) is 5.91 Å². The monoisotopic (exact) mass is 131 g/mol. The topological polar surface area (TPSA) is 55.1 Å². The number of rotatable bonds is 4. The third-order valence-electron chi connectivity index (χ3n) is 0.943. The summed E-state index contributed by atoms with van der Waals surface area (Å²) in [4.78, 5) is 10.8. The van der Waals surface area contributed by atoms with Gasteiger partial charge in [-0.25, -0.2) is 0 Å². The molecule has 3 N–H and O–H groups in total. The molecule has 1 amide bonds. The average Bonchev–Trinajstić information content (AvgIpc) is 1.98. The lowest BCUT2D eigenvalue weighted by molar-refractivity contribution is -0.121. The van der Waals surface area contributed by atoms with Crippen LogP contribution >= 0.6 is 0 Å². The van der Waals surface area contributed by atoms with Crippen LogP contribution in [0, 0.1) is 0 Å². The molecular weight excluding hydrogens is 116 g/mol. The van der Waals surface area contributed by atoms with Gasteiger partial charge in [-0.15, -0.1) is 0 Å². The number of hydrogen-bond acceptors (Lipinski definition) is 2. The van der Waals surface area contributed by atoms with Crippen LogP contribution in [0.15, 0.2) is 0 Å². The quantitative estimate of drug-likeness (QED) is 0.558. The highest BCUT2D eigenvalue weighted by Gasteiger charge is 2.03. The lowest BCUT2D eigenvalue weighted by atomic mass is 10.3. The Hall–Kier alpha value is -0.570. The van der Waals surface area contributed by atoms with Crippen LogP contribution in [0.1, 0.15) is 20.3 Å². The van der Waals surface area contributed by atoms with Crippen molar-refractivity contribution < 1.29 is 6.21 Å². The zero-order chi connectivity index (χ0) is 7.98. The van der Waals surface area contributed by atoms with Gasteiger partial charge in [0.2, 0.25) is 5.91 Å². The van der Waals surface area contributed by atoms with E-state index in [0.29, 0.717) is 6.54 Å². The SMILES string of the molecule is [2H]N[C@H](C)C(=O)NCCC. The fraction of sp³-hybridized carbons (Fsp3) is 0.833. The van der Waals surface area contributed by atoms with Crippen molar-refractivity contribution in [3.05, 3.63) is 0 Å². The van der Waals surface area contributed by atoms with Crippen LogP contribution in [0.4, 0.5) is 0 Å². The number of nitrogens with one attached hydrogen (secondary N) is 1. The molecule has 0 aromatic rings. The van der Waals surface area contributed by atoms with E-state index in [0.717, 1.165) is 6.42 Å². The Balaban J connectivity index is 3.42. The Morgan fingerprint density at radius 2 is 2.67 bits per heavy atom. The van der Waals surface area contributed by atoms with Gasteiger partial charge in [-0.2, -0.15) is 0 Å². The van der Waals surface area contributed by atoms with E-state index in [4.69, 9.17) is 1.41 Å². The van der Waals surface area contributed by atoms with Crippen LogP contribution in [-0.4, -0.2) is 18.5 Å². The van der Waals surface area contributed by atoms with E-state index >= 15 is 0 Å². The standard InChI is InChI=1S/C6H14N2O/c1-3-4-8-6(9)5(2)7/h5H,3-4,7H2,1-2H3,(H,8,9)/t5-/m1/s1/i/hD. The fourth-order valence-corrected chi connectivity index (χ4v) is 0.401. The van der Waals surface area contributed by atoms with Crippen molar-refractivity contribution in [2.45, 2.75) is 26.3 Å². The molecule has 0 aliphatic rings. The summed E-state index contributed by atoms with van der Waals surface area (Å²) in [5.74, 6) is -0.114. The van der Waals surface area contributed by atoms with Gasteiger partial charge >= 0.3 is 0 Å². The van der Waals surface area contributed by atoms with Gasteiger partial charge in [0, 0.05) is 6.54 Å². The van der Waals surface area contributed by atoms with Crippen LogP contribution in [0.3, 0.4) is 0 Å². The number of carbonyl (C=O) groups is 1.